The smallest absolute Gasteiger partial charge is 0.271 e. The molecule has 0 amide bonds. The number of rotatable bonds is 2. The molecule has 88 valence electrons. The predicted molar refractivity (Wildman–Crippen MR) is 61.7 cm³/mol. The third-order valence-corrected chi connectivity index (χ3v) is 2.47. The zero-order valence-electron chi connectivity index (χ0n) is 8.46. The molecule has 0 spiro atoms. The highest BCUT2D eigenvalue weighted by molar-refractivity contribution is 6.32. The van der Waals surface area contributed by atoms with Crippen molar-refractivity contribution >= 4 is 17.4 Å². The van der Waals surface area contributed by atoms with Crippen LogP contribution in [-0.2, 0) is 0 Å². The van der Waals surface area contributed by atoms with Crippen LogP contribution in [0.4, 0.5) is 0 Å². The van der Waals surface area contributed by atoms with Gasteiger partial charge < -0.3 is 15.9 Å². The third-order valence-electron chi connectivity index (χ3n) is 2.13. The minimum atomic E-state index is -0.462. The van der Waals surface area contributed by atoms with Crippen LogP contribution in [0.25, 0.3) is 5.82 Å². The van der Waals surface area contributed by atoms with Crippen molar-refractivity contribution in [2.75, 3.05) is 0 Å². The van der Waals surface area contributed by atoms with Gasteiger partial charge in [0, 0.05) is 6.20 Å². The van der Waals surface area contributed by atoms with Crippen molar-refractivity contribution in [3.63, 3.8) is 0 Å². The first kappa shape index (κ1) is 11.2. The van der Waals surface area contributed by atoms with Gasteiger partial charge in [-0.15, -0.1) is 0 Å². The number of nitrogens with one attached hydrogen (secondary N) is 1. The van der Waals surface area contributed by atoms with E-state index in [-0.39, 0.29) is 16.7 Å². The zero-order chi connectivity index (χ0) is 12.4. The highest BCUT2D eigenvalue weighted by Crippen LogP contribution is 2.15. The molecule has 8 heteroatoms. The summed E-state index contributed by atoms with van der Waals surface area (Å²) in [5.74, 6) is 0.107. The number of nitrogens with zero attached hydrogens (tertiary/aromatic N) is 3. The SMILES string of the molecule is N/C(=N/O)c1cccn1-c1nc[nH]c(=O)c1Cl. The van der Waals surface area contributed by atoms with Crippen LogP contribution in [0.3, 0.4) is 0 Å². The fourth-order valence-corrected chi connectivity index (χ4v) is 1.56. The molecule has 0 radical (unpaired) electrons. The lowest BCUT2D eigenvalue weighted by molar-refractivity contribution is 0.318. The van der Waals surface area contributed by atoms with Crippen LogP contribution < -0.4 is 11.3 Å². The normalized spacial score (nSPS) is 11.7. The number of aromatic amines is 1. The van der Waals surface area contributed by atoms with Gasteiger partial charge in [0.05, 0.1) is 12.0 Å². The first-order valence-electron chi connectivity index (χ1n) is 4.54. The number of oxime groups is 1. The minimum absolute atomic E-state index is 0.0734. The van der Waals surface area contributed by atoms with Crippen LogP contribution in [0, 0.1) is 0 Å². The van der Waals surface area contributed by atoms with Crippen LogP contribution in [0.1, 0.15) is 5.69 Å². The first-order chi connectivity index (χ1) is 8.15. The Labute approximate surface area is 100 Å². The summed E-state index contributed by atoms with van der Waals surface area (Å²) >= 11 is 5.83. The molecule has 0 aliphatic rings. The van der Waals surface area contributed by atoms with Crippen molar-refractivity contribution in [1.29, 1.82) is 0 Å². The summed E-state index contributed by atoms with van der Waals surface area (Å²) in [7, 11) is 0. The van der Waals surface area contributed by atoms with Crippen LogP contribution in [-0.4, -0.2) is 25.6 Å². The molecular formula is C9H8ClN5O2. The summed E-state index contributed by atoms with van der Waals surface area (Å²) in [5.41, 5.74) is 5.41. The van der Waals surface area contributed by atoms with E-state index < -0.39 is 5.56 Å². The summed E-state index contributed by atoms with van der Waals surface area (Å²) in [6.45, 7) is 0. The third kappa shape index (κ3) is 1.87. The van der Waals surface area contributed by atoms with E-state index in [0.29, 0.717) is 5.69 Å². The van der Waals surface area contributed by atoms with Crippen LogP contribution in [0.15, 0.2) is 34.6 Å². The number of hydrogen-bond acceptors (Lipinski definition) is 4. The van der Waals surface area contributed by atoms with E-state index >= 15 is 0 Å². The van der Waals surface area contributed by atoms with Crippen molar-refractivity contribution in [2.45, 2.75) is 0 Å². The maximum Gasteiger partial charge on any atom is 0.271 e. The lowest BCUT2D eigenvalue weighted by Gasteiger charge is -2.07. The van der Waals surface area contributed by atoms with E-state index in [4.69, 9.17) is 22.5 Å². The van der Waals surface area contributed by atoms with Crippen molar-refractivity contribution < 1.29 is 5.21 Å². The molecule has 0 fully saturated rings. The maximum atomic E-state index is 11.3. The average Bonchev–Trinajstić information content (AvgIpc) is 2.80. The van der Waals surface area contributed by atoms with Crippen LogP contribution in [0.2, 0.25) is 5.02 Å². The molecule has 0 aromatic carbocycles. The number of aromatic nitrogens is 3. The Balaban J connectivity index is 2.66. The van der Waals surface area contributed by atoms with Gasteiger partial charge in [0.2, 0.25) is 0 Å². The molecule has 0 aliphatic carbocycles. The van der Waals surface area contributed by atoms with Crippen molar-refractivity contribution in [2.24, 2.45) is 10.9 Å². The summed E-state index contributed by atoms with van der Waals surface area (Å²) in [4.78, 5) is 17.6. The molecule has 17 heavy (non-hydrogen) atoms. The van der Waals surface area contributed by atoms with Gasteiger partial charge in [0.25, 0.3) is 5.56 Å². The molecule has 0 saturated heterocycles. The van der Waals surface area contributed by atoms with Gasteiger partial charge in [-0.25, -0.2) is 4.98 Å². The number of nitrogens with two attached hydrogens (primary N) is 1. The summed E-state index contributed by atoms with van der Waals surface area (Å²) in [5, 5.41) is 11.4. The molecule has 0 unspecified atom stereocenters. The Bertz CT molecular complexity index is 630. The first-order valence-corrected chi connectivity index (χ1v) is 4.91. The molecule has 4 N–H and O–H groups in total. The molecule has 2 rings (SSSR count). The molecule has 7 nitrogen and oxygen atoms in total. The summed E-state index contributed by atoms with van der Waals surface area (Å²) in [6.07, 6.45) is 2.82. The van der Waals surface area contributed by atoms with Gasteiger partial charge in [-0.1, -0.05) is 16.8 Å². The zero-order valence-corrected chi connectivity index (χ0v) is 9.22. The van der Waals surface area contributed by atoms with E-state index in [1.54, 1.807) is 18.3 Å². The topological polar surface area (TPSA) is 109 Å². The fraction of sp³-hybridized carbons (Fsp3) is 0. The van der Waals surface area contributed by atoms with Crippen molar-refractivity contribution in [1.82, 2.24) is 14.5 Å². The molecule has 0 aliphatic heterocycles. The average molecular weight is 254 g/mol. The Hall–Kier alpha value is -2.28. The second-order valence-corrected chi connectivity index (χ2v) is 3.50. The van der Waals surface area contributed by atoms with E-state index in [2.05, 4.69) is 15.1 Å². The molecule has 0 bridgehead atoms. The Kier molecular flexibility index (Phi) is 2.84. The van der Waals surface area contributed by atoms with Crippen LogP contribution in [0.5, 0.6) is 0 Å². The highest BCUT2D eigenvalue weighted by atomic mass is 35.5. The Morgan fingerprint density at radius 3 is 3.12 bits per heavy atom. The number of H-pyrrole nitrogens is 1. The monoisotopic (exact) mass is 253 g/mol. The lowest BCUT2D eigenvalue weighted by atomic mass is 10.4. The second kappa shape index (κ2) is 4.30. The van der Waals surface area contributed by atoms with Crippen molar-refractivity contribution in [3.8, 4) is 5.82 Å². The predicted octanol–water partition coefficient (Wildman–Crippen LogP) is 0.308. The van der Waals surface area contributed by atoms with Crippen molar-refractivity contribution in [3.05, 3.63) is 45.7 Å². The molecule has 2 aromatic rings. The van der Waals surface area contributed by atoms with Gasteiger partial charge >= 0.3 is 0 Å². The fourth-order valence-electron chi connectivity index (χ4n) is 1.37. The second-order valence-electron chi connectivity index (χ2n) is 3.12. The molecular weight excluding hydrogens is 246 g/mol. The van der Waals surface area contributed by atoms with Gasteiger partial charge in [0.1, 0.15) is 5.02 Å². The highest BCUT2D eigenvalue weighted by Gasteiger charge is 2.13. The van der Waals surface area contributed by atoms with E-state index in [9.17, 15) is 4.79 Å². The van der Waals surface area contributed by atoms with Gasteiger partial charge in [-0.05, 0) is 12.1 Å². The lowest BCUT2D eigenvalue weighted by Crippen LogP contribution is -2.19. The van der Waals surface area contributed by atoms with E-state index in [1.165, 1.54) is 10.9 Å². The molecule has 0 atom stereocenters. The quantitative estimate of drug-likeness (QED) is 0.310. The van der Waals surface area contributed by atoms with Gasteiger partial charge in [-0.2, -0.15) is 0 Å². The standard InChI is InChI=1S/C9H8ClN5O2/c10-6-8(12-4-13-9(6)16)15-3-1-2-5(15)7(11)14-17/h1-4,17H,(H2,11,14)(H,12,13,16). The Morgan fingerprint density at radius 2 is 2.41 bits per heavy atom. The van der Waals surface area contributed by atoms with E-state index in [1.807, 2.05) is 0 Å². The summed E-state index contributed by atoms with van der Waals surface area (Å²) in [6, 6.07) is 3.26. The molecule has 2 heterocycles. The minimum Gasteiger partial charge on any atom is -0.409 e. The van der Waals surface area contributed by atoms with E-state index in [0.717, 1.165) is 0 Å². The number of amidine groups is 1. The van der Waals surface area contributed by atoms with Gasteiger partial charge in [-0.3, -0.25) is 9.36 Å². The van der Waals surface area contributed by atoms with Gasteiger partial charge in [0.15, 0.2) is 11.7 Å². The maximum absolute atomic E-state index is 11.3. The number of halogens is 1. The molecule has 2 aromatic heterocycles. The van der Waals surface area contributed by atoms with Crippen LogP contribution >= 0.6 is 11.6 Å². The Morgan fingerprint density at radius 1 is 1.65 bits per heavy atom. The summed E-state index contributed by atoms with van der Waals surface area (Å²) < 4.78 is 1.45. The largest absolute Gasteiger partial charge is 0.409 e. The molecule has 0 saturated carbocycles. The number of hydrogen-bond donors (Lipinski definition) is 3.